The van der Waals surface area contributed by atoms with E-state index in [9.17, 15) is 14.7 Å². The molecule has 2 bridgehead atoms. The molecule has 3 aliphatic heterocycles. The van der Waals surface area contributed by atoms with Crippen molar-refractivity contribution in [2.45, 2.75) is 43.4 Å². The number of benzene rings is 1. The van der Waals surface area contributed by atoms with Crippen LogP contribution < -0.4 is 10.6 Å². The molecule has 3 saturated heterocycles. The Labute approximate surface area is 169 Å². The first kappa shape index (κ1) is 20.1. The number of anilines is 1. The number of rotatable bonds is 4. The Hall–Kier alpha value is -2.20. The van der Waals surface area contributed by atoms with Crippen LogP contribution in [0, 0.1) is 5.92 Å². The standard InChI is InChI=1S/C20H27N3O6/c1-27-18(25)12-7-9-23(10-8-12)16-17(24)15(14-11-28-19(16)29-14)22-20(26)21-13-5-3-2-4-6-13/h2-6,12,14-17,19,24H,7-11H2,1H3,(H2,21,22,26). The van der Waals surface area contributed by atoms with Crippen molar-refractivity contribution in [3.8, 4) is 0 Å². The minimum Gasteiger partial charge on any atom is -0.469 e. The molecule has 5 atom stereocenters. The highest BCUT2D eigenvalue weighted by Gasteiger charge is 2.53. The van der Waals surface area contributed by atoms with Crippen molar-refractivity contribution in [1.29, 1.82) is 0 Å². The van der Waals surface area contributed by atoms with E-state index in [1.807, 2.05) is 18.2 Å². The lowest BCUT2D eigenvalue weighted by atomic mass is 9.91. The highest BCUT2D eigenvalue weighted by atomic mass is 16.7. The SMILES string of the molecule is COC(=O)C1CCN(C2C3OCC(O3)C(NC(=O)Nc3ccccc3)C2O)CC1. The summed E-state index contributed by atoms with van der Waals surface area (Å²) in [5.74, 6) is -0.319. The van der Waals surface area contributed by atoms with Crippen molar-refractivity contribution in [3.63, 3.8) is 0 Å². The number of hydrogen-bond acceptors (Lipinski definition) is 7. The van der Waals surface area contributed by atoms with E-state index in [2.05, 4.69) is 15.5 Å². The molecule has 0 spiro atoms. The number of aliphatic hydroxyl groups is 1. The normalized spacial score (nSPS) is 32.6. The molecule has 1 aromatic rings. The van der Waals surface area contributed by atoms with Crippen LogP contribution in [-0.4, -0.2) is 79.4 Å². The van der Waals surface area contributed by atoms with Crippen molar-refractivity contribution in [1.82, 2.24) is 10.2 Å². The predicted molar refractivity (Wildman–Crippen MR) is 103 cm³/mol. The van der Waals surface area contributed by atoms with Gasteiger partial charge in [0.25, 0.3) is 0 Å². The molecule has 2 amide bonds. The summed E-state index contributed by atoms with van der Waals surface area (Å²) in [7, 11) is 1.40. The van der Waals surface area contributed by atoms with E-state index < -0.39 is 36.6 Å². The number of likely N-dealkylation sites (tertiary alicyclic amines) is 1. The van der Waals surface area contributed by atoms with Gasteiger partial charge in [0.1, 0.15) is 6.10 Å². The molecule has 3 N–H and O–H groups in total. The van der Waals surface area contributed by atoms with Gasteiger partial charge in [0, 0.05) is 5.69 Å². The second kappa shape index (κ2) is 8.66. The number of methoxy groups -OCH3 is 1. The van der Waals surface area contributed by atoms with Crippen molar-refractivity contribution in [2.75, 3.05) is 32.1 Å². The van der Waals surface area contributed by atoms with Crippen molar-refractivity contribution >= 4 is 17.7 Å². The summed E-state index contributed by atoms with van der Waals surface area (Å²) in [5, 5.41) is 16.7. The van der Waals surface area contributed by atoms with E-state index in [0.717, 1.165) is 0 Å². The van der Waals surface area contributed by atoms with Gasteiger partial charge in [-0.1, -0.05) is 18.2 Å². The average molecular weight is 405 g/mol. The number of hydrogen-bond donors (Lipinski definition) is 3. The molecule has 5 unspecified atom stereocenters. The fourth-order valence-corrected chi connectivity index (χ4v) is 4.41. The first-order valence-corrected chi connectivity index (χ1v) is 9.96. The first-order chi connectivity index (χ1) is 14.1. The van der Waals surface area contributed by atoms with Gasteiger partial charge in [0.2, 0.25) is 0 Å². The van der Waals surface area contributed by atoms with Crippen molar-refractivity contribution in [2.24, 2.45) is 5.92 Å². The molecule has 29 heavy (non-hydrogen) atoms. The van der Waals surface area contributed by atoms with Crippen LogP contribution in [-0.2, 0) is 19.0 Å². The number of amides is 2. The maximum Gasteiger partial charge on any atom is 0.319 e. The zero-order chi connectivity index (χ0) is 20.4. The maximum atomic E-state index is 12.4. The van der Waals surface area contributed by atoms with Gasteiger partial charge in [0.15, 0.2) is 6.29 Å². The minimum atomic E-state index is -0.850. The van der Waals surface area contributed by atoms with Crippen LogP contribution in [0.4, 0.5) is 10.5 Å². The maximum absolute atomic E-state index is 12.4. The van der Waals surface area contributed by atoms with Crippen LogP contribution >= 0.6 is 0 Å². The molecule has 0 saturated carbocycles. The molecule has 158 valence electrons. The number of urea groups is 1. The molecule has 3 fully saturated rings. The fraction of sp³-hybridized carbons (Fsp3) is 0.600. The smallest absolute Gasteiger partial charge is 0.319 e. The van der Waals surface area contributed by atoms with Gasteiger partial charge >= 0.3 is 12.0 Å². The number of esters is 1. The number of fused-ring (bicyclic) bond motifs is 2. The molecule has 9 nitrogen and oxygen atoms in total. The molecular formula is C20H27N3O6. The number of carbonyl (C=O) groups is 2. The number of piperidine rings is 1. The molecule has 4 rings (SSSR count). The number of aliphatic hydroxyl groups excluding tert-OH is 1. The zero-order valence-corrected chi connectivity index (χ0v) is 16.3. The molecule has 0 aromatic heterocycles. The number of nitrogens with one attached hydrogen (secondary N) is 2. The van der Waals surface area contributed by atoms with E-state index in [0.29, 0.717) is 38.2 Å². The third kappa shape index (κ3) is 4.23. The van der Waals surface area contributed by atoms with Crippen LogP contribution in [0.1, 0.15) is 12.8 Å². The van der Waals surface area contributed by atoms with Crippen LogP contribution in [0.2, 0.25) is 0 Å². The Kier molecular flexibility index (Phi) is 6.00. The quantitative estimate of drug-likeness (QED) is 0.628. The summed E-state index contributed by atoms with van der Waals surface area (Å²) in [6, 6.07) is 7.70. The Balaban J connectivity index is 1.40. The van der Waals surface area contributed by atoms with Crippen LogP contribution in [0.3, 0.4) is 0 Å². The summed E-state index contributed by atoms with van der Waals surface area (Å²) < 4.78 is 16.5. The van der Waals surface area contributed by atoms with Crippen molar-refractivity contribution in [3.05, 3.63) is 30.3 Å². The second-order valence-electron chi connectivity index (χ2n) is 7.68. The number of carbonyl (C=O) groups excluding carboxylic acids is 2. The predicted octanol–water partition coefficient (Wildman–Crippen LogP) is 0.546. The lowest BCUT2D eigenvalue weighted by molar-refractivity contribution is -0.185. The number of para-hydroxylation sites is 1. The first-order valence-electron chi connectivity index (χ1n) is 9.96. The Morgan fingerprint density at radius 1 is 1.21 bits per heavy atom. The van der Waals surface area contributed by atoms with E-state index in [1.54, 1.807) is 12.1 Å². The Morgan fingerprint density at radius 2 is 1.93 bits per heavy atom. The van der Waals surface area contributed by atoms with Gasteiger partial charge in [-0.15, -0.1) is 0 Å². The summed E-state index contributed by atoms with van der Waals surface area (Å²) in [5.41, 5.74) is 0.665. The molecule has 1 aromatic carbocycles. The van der Waals surface area contributed by atoms with Gasteiger partial charge < -0.3 is 30.0 Å². The minimum absolute atomic E-state index is 0.124. The largest absolute Gasteiger partial charge is 0.469 e. The molecule has 9 heteroatoms. The van der Waals surface area contributed by atoms with Gasteiger partial charge in [-0.2, -0.15) is 0 Å². The monoisotopic (exact) mass is 405 g/mol. The lowest BCUT2D eigenvalue weighted by Crippen LogP contribution is -2.66. The molecule has 0 aliphatic carbocycles. The van der Waals surface area contributed by atoms with E-state index in [-0.39, 0.29) is 11.9 Å². The molecule has 3 heterocycles. The van der Waals surface area contributed by atoms with Crippen LogP contribution in [0.15, 0.2) is 30.3 Å². The van der Waals surface area contributed by atoms with Gasteiger partial charge in [-0.25, -0.2) is 4.79 Å². The molecule has 0 radical (unpaired) electrons. The Morgan fingerprint density at radius 3 is 2.62 bits per heavy atom. The van der Waals surface area contributed by atoms with E-state index in [1.165, 1.54) is 7.11 Å². The summed E-state index contributed by atoms with van der Waals surface area (Å²) in [4.78, 5) is 26.3. The summed E-state index contributed by atoms with van der Waals surface area (Å²) in [6.45, 7) is 1.56. The number of nitrogens with zero attached hydrogens (tertiary/aromatic N) is 1. The van der Waals surface area contributed by atoms with E-state index in [4.69, 9.17) is 14.2 Å². The Bertz CT molecular complexity index is 724. The van der Waals surface area contributed by atoms with Gasteiger partial charge in [-0.3, -0.25) is 9.69 Å². The molecular weight excluding hydrogens is 378 g/mol. The zero-order valence-electron chi connectivity index (χ0n) is 16.3. The van der Waals surface area contributed by atoms with E-state index >= 15 is 0 Å². The van der Waals surface area contributed by atoms with Gasteiger partial charge in [-0.05, 0) is 38.1 Å². The highest BCUT2D eigenvalue weighted by molar-refractivity contribution is 5.89. The summed E-state index contributed by atoms with van der Waals surface area (Å²) in [6.07, 6.45) is -0.491. The molecule has 3 aliphatic rings. The van der Waals surface area contributed by atoms with Crippen molar-refractivity contribution < 1.29 is 28.9 Å². The third-order valence-electron chi connectivity index (χ3n) is 5.95. The fourth-order valence-electron chi connectivity index (χ4n) is 4.41. The van der Waals surface area contributed by atoms with Gasteiger partial charge in [0.05, 0.1) is 37.8 Å². The summed E-state index contributed by atoms with van der Waals surface area (Å²) >= 11 is 0. The van der Waals surface area contributed by atoms with Crippen LogP contribution in [0.5, 0.6) is 0 Å². The lowest BCUT2D eigenvalue weighted by Gasteiger charge is -2.45. The average Bonchev–Trinajstić information content (AvgIpc) is 3.17. The third-order valence-corrected chi connectivity index (χ3v) is 5.95. The number of ether oxygens (including phenoxy) is 3. The second-order valence-corrected chi connectivity index (χ2v) is 7.68. The topological polar surface area (TPSA) is 109 Å². The highest BCUT2D eigenvalue weighted by Crippen LogP contribution is 2.33. The van der Waals surface area contributed by atoms with Crippen LogP contribution in [0.25, 0.3) is 0 Å².